The van der Waals surface area contributed by atoms with Gasteiger partial charge in [0, 0.05) is 38.8 Å². The maximum Gasteiger partial charge on any atom is 0.272 e. The lowest BCUT2D eigenvalue weighted by atomic mass is 10.2. The van der Waals surface area contributed by atoms with Gasteiger partial charge >= 0.3 is 0 Å². The molecule has 0 saturated carbocycles. The van der Waals surface area contributed by atoms with E-state index in [4.69, 9.17) is 0 Å². The second kappa shape index (κ2) is 6.70. The van der Waals surface area contributed by atoms with Gasteiger partial charge in [-0.05, 0) is 32.9 Å². The topological polar surface area (TPSA) is 48.5 Å². The van der Waals surface area contributed by atoms with Crippen molar-refractivity contribution in [2.24, 2.45) is 0 Å². The predicted molar refractivity (Wildman–Crippen MR) is 81.0 cm³/mol. The zero-order valence-corrected chi connectivity index (χ0v) is 12.6. The zero-order valence-electron chi connectivity index (χ0n) is 12.6. The summed E-state index contributed by atoms with van der Waals surface area (Å²) in [5.41, 5.74) is 1.48. The highest BCUT2D eigenvalue weighted by atomic mass is 16.2. The molecule has 1 aliphatic rings. The summed E-state index contributed by atoms with van der Waals surface area (Å²) >= 11 is 0. The molecule has 0 unspecified atom stereocenters. The van der Waals surface area contributed by atoms with E-state index in [1.54, 1.807) is 12.3 Å². The van der Waals surface area contributed by atoms with Gasteiger partial charge in [0.1, 0.15) is 5.69 Å². The van der Waals surface area contributed by atoms with Crippen LogP contribution >= 0.6 is 0 Å². The molecule has 2 heterocycles. The second-order valence-corrected chi connectivity index (χ2v) is 5.38. The minimum Gasteiger partial charge on any atom is -0.384 e. The lowest BCUT2D eigenvalue weighted by Crippen LogP contribution is -2.50. The Kier molecular flexibility index (Phi) is 4.95. The number of piperazine rings is 1. The van der Waals surface area contributed by atoms with Crippen molar-refractivity contribution in [2.75, 3.05) is 38.0 Å². The monoisotopic (exact) mass is 276 g/mol. The summed E-state index contributed by atoms with van der Waals surface area (Å²) in [6.45, 7) is 10.7. The number of amides is 1. The normalized spacial score (nSPS) is 16.5. The Hall–Kier alpha value is -1.62. The van der Waals surface area contributed by atoms with E-state index in [-0.39, 0.29) is 5.91 Å². The highest BCUT2D eigenvalue weighted by Crippen LogP contribution is 2.11. The fourth-order valence-electron chi connectivity index (χ4n) is 2.43. The molecule has 0 spiro atoms. The molecule has 1 aromatic heterocycles. The third-order valence-electron chi connectivity index (χ3n) is 3.70. The number of carbonyl (C=O) groups is 1. The van der Waals surface area contributed by atoms with E-state index in [2.05, 4.69) is 29.0 Å². The SMILES string of the molecule is CCNc1ccc(C(=O)N2CCN(C(C)C)CC2)nc1. The van der Waals surface area contributed by atoms with Gasteiger partial charge in [0.05, 0.1) is 11.9 Å². The molecule has 1 amide bonds. The molecule has 20 heavy (non-hydrogen) atoms. The average Bonchev–Trinajstić information content (AvgIpc) is 2.48. The van der Waals surface area contributed by atoms with Crippen molar-refractivity contribution in [1.29, 1.82) is 0 Å². The first kappa shape index (κ1) is 14.8. The summed E-state index contributed by atoms with van der Waals surface area (Å²) < 4.78 is 0. The Balaban J connectivity index is 1.94. The first-order valence-corrected chi connectivity index (χ1v) is 7.35. The fraction of sp³-hybridized carbons (Fsp3) is 0.600. The number of hydrogen-bond donors (Lipinski definition) is 1. The van der Waals surface area contributed by atoms with E-state index < -0.39 is 0 Å². The number of pyridine rings is 1. The van der Waals surface area contributed by atoms with Crippen LogP contribution in [0.5, 0.6) is 0 Å². The van der Waals surface area contributed by atoms with Crippen molar-refractivity contribution < 1.29 is 4.79 Å². The molecule has 0 bridgehead atoms. The standard InChI is InChI=1S/C15H24N4O/c1-4-16-13-5-6-14(17-11-13)15(20)19-9-7-18(8-10-19)12(2)3/h5-6,11-12,16H,4,7-10H2,1-3H3. The number of carbonyl (C=O) groups excluding carboxylic acids is 1. The molecular weight excluding hydrogens is 252 g/mol. The predicted octanol–water partition coefficient (Wildman–Crippen LogP) is 1.68. The third kappa shape index (κ3) is 3.48. The number of rotatable bonds is 4. The number of nitrogens with zero attached hydrogens (tertiary/aromatic N) is 3. The Labute approximate surface area is 121 Å². The molecule has 0 atom stereocenters. The van der Waals surface area contributed by atoms with E-state index in [0.29, 0.717) is 11.7 Å². The molecule has 1 aliphatic heterocycles. The molecule has 110 valence electrons. The van der Waals surface area contributed by atoms with Crippen molar-refractivity contribution in [1.82, 2.24) is 14.8 Å². The van der Waals surface area contributed by atoms with Crippen LogP contribution in [0.3, 0.4) is 0 Å². The van der Waals surface area contributed by atoms with Crippen molar-refractivity contribution in [3.63, 3.8) is 0 Å². The van der Waals surface area contributed by atoms with Gasteiger partial charge < -0.3 is 10.2 Å². The molecule has 0 aromatic carbocycles. The summed E-state index contributed by atoms with van der Waals surface area (Å²) in [6, 6.07) is 4.26. The van der Waals surface area contributed by atoms with Gasteiger partial charge in [-0.1, -0.05) is 0 Å². The van der Waals surface area contributed by atoms with E-state index in [1.807, 2.05) is 17.9 Å². The van der Waals surface area contributed by atoms with Crippen LogP contribution in [0, 0.1) is 0 Å². The molecule has 2 rings (SSSR count). The smallest absolute Gasteiger partial charge is 0.272 e. The third-order valence-corrected chi connectivity index (χ3v) is 3.70. The van der Waals surface area contributed by atoms with Crippen LogP contribution in [0.2, 0.25) is 0 Å². The summed E-state index contributed by atoms with van der Waals surface area (Å²) in [7, 11) is 0. The minimum absolute atomic E-state index is 0.0384. The highest BCUT2D eigenvalue weighted by Gasteiger charge is 2.23. The van der Waals surface area contributed by atoms with E-state index in [1.165, 1.54) is 0 Å². The number of hydrogen-bond acceptors (Lipinski definition) is 4. The largest absolute Gasteiger partial charge is 0.384 e. The quantitative estimate of drug-likeness (QED) is 0.909. The average molecular weight is 276 g/mol. The van der Waals surface area contributed by atoms with Crippen LogP contribution in [0.4, 0.5) is 5.69 Å². The fourth-order valence-corrected chi connectivity index (χ4v) is 2.43. The molecule has 0 aliphatic carbocycles. The van der Waals surface area contributed by atoms with Crippen LogP contribution in [0.25, 0.3) is 0 Å². The Bertz CT molecular complexity index is 436. The minimum atomic E-state index is 0.0384. The highest BCUT2D eigenvalue weighted by molar-refractivity contribution is 5.92. The molecule has 1 N–H and O–H groups in total. The number of aromatic nitrogens is 1. The van der Waals surface area contributed by atoms with E-state index in [9.17, 15) is 4.79 Å². The van der Waals surface area contributed by atoms with E-state index in [0.717, 1.165) is 38.4 Å². The molecule has 1 saturated heterocycles. The summed E-state index contributed by atoms with van der Waals surface area (Å²) in [5.74, 6) is 0.0384. The maximum atomic E-state index is 12.4. The van der Waals surface area contributed by atoms with Crippen molar-refractivity contribution in [3.8, 4) is 0 Å². The lowest BCUT2D eigenvalue weighted by Gasteiger charge is -2.36. The Morgan fingerprint density at radius 3 is 2.50 bits per heavy atom. The number of anilines is 1. The van der Waals surface area contributed by atoms with Crippen LogP contribution in [0.15, 0.2) is 18.3 Å². The molecule has 5 nitrogen and oxygen atoms in total. The Morgan fingerprint density at radius 2 is 2.00 bits per heavy atom. The molecular formula is C15H24N4O. The van der Waals surface area contributed by atoms with Crippen LogP contribution in [-0.2, 0) is 0 Å². The summed E-state index contributed by atoms with van der Waals surface area (Å²) in [6.07, 6.45) is 1.72. The van der Waals surface area contributed by atoms with Gasteiger partial charge in [-0.3, -0.25) is 9.69 Å². The first-order valence-electron chi connectivity index (χ1n) is 7.35. The van der Waals surface area contributed by atoms with Gasteiger partial charge in [-0.15, -0.1) is 0 Å². The first-order chi connectivity index (χ1) is 9.61. The van der Waals surface area contributed by atoms with Crippen molar-refractivity contribution in [3.05, 3.63) is 24.0 Å². The molecule has 5 heteroatoms. The molecule has 1 aromatic rings. The molecule has 1 fully saturated rings. The summed E-state index contributed by atoms with van der Waals surface area (Å²) in [4.78, 5) is 20.9. The van der Waals surface area contributed by atoms with Crippen molar-refractivity contribution in [2.45, 2.75) is 26.8 Å². The van der Waals surface area contributed by atoms with Gasteiger partial charge in [0.15, 0.2) is 0 Å². The van der Waals surface area contributed by atoms with Gasteiger partial charge in [0.2, 0.25) is 0 Å². The maximum absolute atomic E-state index is 12.4. The summed E-state index contributed by atoms with van der Waals surface area (Å²) in [5, 5.41) is 3.18. The van der Waals surface area contributed by atoms with Crippen LogP contribution < -0.4 is 5.32 Å². The van der Waals surface area contributed by atoms with E-state index >= 15 is 0 Å². The lowest BCUT2D eigenvalue weighted by molar-refractivity contribution is 0.0590. The Morgan fingerprint density at radius 1 is 1.30 bits per heavy atom. The van der Waals surface area contributed by atoms with Gasteiger partial charge in [-0.25, -0.2) is 4.98 Å². The van der Waals surface area contributed by atoms with Crippen LogP contribution in [-0.4, -0.2) is 59.5 Å². The van der Waals surface area contributed by atoms with Crippen molar-refractivity contribution >= 4 is 11.6 Å². The second-order valence-electron chi connectivity index (χ2n) is 5.38. The number of nitrogens with one attached hydrogen (secondary N) is 1. The van der Waals surface area contributed by atoms with Gasteiger partial charge in [0.25, 0.3) is 5.91 Å². The van der Waals surface area contributed by atoms with Gasteiger partial charge in [-0.2, -0.15) is 0 Å². The van der Waals surface area contributed by atoms with Crippen LogP contribution in [0.1, 0.15) is 31.3 Å². The molecule has 0 radical (unpaired) electrons. The zero-order chi connectivity index (χ0) is 14.5.